The predicted octanol–water partition coefficient (Wildman–Crippen LogP) is 5.34. The third kappa shape index (κ3) is 5.14. The number of benzene rings is 2. The molecule has 1 atom stereocenters. The molecule has 1 N–H and O–H groups in total. The summed E-state index contributed by atoms with van der Waals surface area (Å²) in [6.07, 6.45) is 2.19. The lowest BCUT2D eigenvalue weighted by molar-refractivity contribution is -0.122. The Morgan fingerprint density at radius 3 is 2.47 bits per heavy atom. The van der Waals surface area contributed by atoms with Crippen LogP contribution < -0.4 is 19.7 Å². The van der Waals surface area contributed by atoms with E-state index in [4.69, 9.17) is 21.1 Å². The highest BCUT2D eigenvalue weighted by atomic mass is 79.9. The third-order valence-corrected chi connectivity index (χ3v) is 5.56. The topological polar surface area (TPSA) is 84.9 Å². The molecule has 1 aliphatic heterocycles. The van der Waals surface area contributed by atoms with E-state index in [1.165, 1.54) is 18.2 Å². The second-order valence-electron chi connectivity index (χ2n) is 7.03. The standard InChI is InChI=1S/C23H22BrClN2O5/c1-4-13(3)32-20-18(24)11-14(12-19(20)31-5-2)10-17-21(28)26-23(30)27(22(17)29)16-8-6-15(25)7-9-16/h6-13H,4-5H2,1-3H3,(H,26,28,30)/b17-10+/t13-/m1/s1. The molecule has 0 unspecified atom stereocenters. The van der Waals surface area contributed by atoms with E-state index in [0.29, 0.717) is 38.9 Å². The smallest absolute Gasteiger partial charge is 0.335 e. The van der Waals surface area contributed by atoms with Gasteiger partial charge in [0.25, 0.3) is 11.8 Å². The van der Waals surface area contributed by atoms with E-state index in [1.54, 1.807) is 24.3 Å². The van der Waals surface area contributed by atoms with Crippen LogP contribution >= 0.6 is 27.5 Å². The van der Waals surface area contributed by atoms with Gasteiger partial charge in [-0.1, -0.05) is 18.5 Å². The monoisotopic (exact) mass is 520 g/mol. The fourth-order valence-corrected chi connectivity index (χ4v) is 3.66. The van der Waals surface area contributed by atoms with Gasteiger partial charge in [0.2, 0.25) is 0 Å². The van der Waals surface area contributed by atoms with Crippen molar-refractivity contribution in [1.29, 1.82) is 0 Å². The SMILES string of the molecule is CCOc1cc(/C=C2\C(=O)NC(=O)N(c3ccc(Cl)cc3)C2=O)cc(Br)c1O[C@H](C)CC. The molecular formula is C23H22BrClN2O5. The van der Waals surface area contributed by atoms with Gasteiger partial charge in [0.1, 0.15) is 5.57 Å². The zero-order valence-electron chi connectivity index (χ0n) is 17.8. The van der Waals surface area contributed by atoms with Crippen LogP contribution in [0, 0.1) is 0 Å². The minimum atomic E-state index is -0.826. The molecule has 1 fully saturated rings. The quantitative estimate of drug-likeness (QED) is 0.392. The first kappa shape index (κ1) is 23.8. The fraction of sp³-hybridized carbons (Fsp3) is 0.261. The molecule has 1 heterocycles. The van der Waals surface area contributed by atoms with Gasteiger partial charge in [-0.05, 0) is 84.2 Å². The molecule has 3 rings (SSSR count). The molecule has 0 aromatic heterocycles. The van der Waals surface area contributed by atoms with Gasteiger partial charge < -0.3 is 9.47 Å². The van der Waals surface area contributed by atoms with Gasteiger partial charge in [-0.15, -0.1) is 0 Å². The number of rotatable bonds is 7. The molecule has 9 heteroatoms. The van der Waals surface area contributed by atoms with Crippen LogP contribution in [0.25, 0.3) is 6.08 Å². The zero-order chi connectivity index (χ0) is 23.4. The minimum Gasteiger partial charge on any atom is -0.490 e. The van der Waals surface area contributed by atoms with E-state index in [1.807, 2.05) is 20.8 Å². The minimum absolute atomic E-state index is 0.0284. The van der Waals surface area contributed by atoms with E-state index in [9.17, 15) is 14.4 Å². The third-order valence-electron chi connectivity index (χ3n) is 4.72. The first-order chi connectivity index (χ1) is 15.2. The summed E-state index contributed by atoms with van der Waals surface area (Å²) in [5, 5.41) is 2.66. The van der Waals surface area contributed by atoms with E-state index in [-0.39, 0.29) is 11.7 Å². The Morgan fingerprint density at radius 2 is 1.84 bits per heavy atom. The van der Waals surface area contributed by atoms with Crippen LogP contribution in [0.5, 0.6) is 11.5 Å². The van der Waals surface area contributed by atoms with Gasteiger partial charge >= 0.3 is 6.03 Å². The molecule has 2 aromatic rings. The van der Waals surface area contributed by atoms with Crippen LogP contribution in [0.1, 0.15) is 32.8 Å². The van der Waals surface area contributed by atoms with E-state index in [0.717, 1.165) is 11.3 Å². The van der Waals surface area contributed by atoms with Crippen molar-refractivity contribution in [3.63, 3.8) is 0 Å². The summed E-state index contributed by atoms with van der Waals surface area (Å²) in [6, 6.07) is 8.74. The second kappa shape index (κ2) is 10.2. The number of halogens is 2. The number of hydrogen-bond donors (Lipinski definition) is 1. The summed E-state index contributed by atoms with van der Waals surface area (Å²) < 4.78 is 12.3. The number of hydrogen-bond acceptors (Lipinski definition) is 5. The van der Waals surface area contributed by atoms with Crippen molar-refractivity contribution in [2.24, 2.45) is 0 Å². The predicted molar refractivity (Wildman–Crippen MR) is 126 cm³/mol. The molecule has 2 aromatic carbocycles. The first-order valence-electron chi connectivity index (χ1n) is 10.0. The first-order valence-corrected chi connectivity index (χ1v) is 11.2. The number of carbonyl (C=O) groups excluding carboxylic acids is 3. The summed E-state index contributed by atoms with van der Waals surface area (Å²) in [6.45, 7) is 6.21. The number of ether oxygens (including phenoxy) is 2. The highest BCUT2D eigenvalue weighted by molar-refractivity contribution is 9.10. The largest absolute Gasteiger partial charge is 0.490 e. The zero-order valence-corrected chi connectivity index (χ0v) is 20.1. The molecule has 4 amide bonds. The highest BCUT2D eigenvalue weighted by Crippen LogP contribution is 2.38. The number of nitrogens with zero attached hydrogens (tertiary/aromatic N) is 1. The molecule has 0 aliphatic carbocycles. The maximum absolute atomic E-state index is 13.1. The Bertz CT molecular complexity index is 1080. The van der Waals surface area contributed by atoms with Crippen molar-refractivity contribution < 1.29 is 23.9 Å². The van der Waals surface area contributed by atoms with Crippen molar-refractivity contribution in [3.05, 3.63) is 57.0 Å². The lowest BCUT2D eigenvalue weighted by Gasteiger charge is -2.26. The van der Waals surface area contributed by atoms with Crippen LogP contribution in [0.15, 0.2) is 46.4 Å². The Morgan fingerprint density at radius 1 is 1.16 bits per heavy atom. The molecule has 1 aliphatic rings. The van der Waals surface area contributed by atoms with Gasteiger partial charge in [-0.3, -0.25) is 14.9 Å². The van der Waals surface area contributed by atoms with Crippen molar-refractivity contribution in [2.45, 2.75) is 33.3 Å². The number of amides is 4. The van der Waals surface area contributed by atoms with E-state index in [2.05, 4.69) is 21.2 Å². The van der Waals surface area contributed by atoms with E-state index >= 15 is 0 Å². The highest BCUT2D eigenvalue weighted by Gasteiger charge is 2.36. The lowest BCUT2D eigenvalue weighted by atomic mass is 10.1. The van der Waals surface area contributed by atoms with Gasteiger partial charge in [0.15, 0.2) is 11.5 Å². The van der Waals surface area contributed by atoms with Gasteiger partial charge in [-0.2, -0.15) is 0 Å². The summed E-state index contributed by atoms with van der Waals surface area (Å²) >= 11 is 9.38. The van der Waals surface area contributed by atoms with Crippen molar-refractivity contribution >= 4 is 57.1 Å². The molecule has 0 spiro atoms. The Balaban J connectivity index is 2.01. The average Bonchev–Trinajstić information content (AvgIpc) is 2.74. The molecular weight excluding hydrogens is 500 g/mol. The summed E-state index contributed by atoms with van der Waals surface area (Å²) in [4.78, 5) is 38.7. The Kier molecular flexibility index (Phi) is 7.58. The van der Waals surface area contributed by atoms with Gasteiger partial charge in [-0.25, -0.2) is 9.69 Å². The molecule has 7 nitrogen and oxygen atoms in total. The maximum Gasteiger partial charge on any atom is 0.335 e. The number of anilines is 1. The van der Waals surface area contributed by atoms with E-state index < -0.39 is 17.8 Å². The molecule has 1 saturated heterocycles. The van der Waals surface area contributed by atoms with Crippen LogP contribution in [-0.4, -0.2) is 30.6 Å². The van der Waals surface area contributed by atoms with Crippen molar-refractivity contribution in [1.82, 2.24) is 5.32 Å². The summed E-state index contributed by atoms with van der Waals surface area (Å²) in [5.74, 6) is -0.501. The molecule has 0 bridgehead atoms. The van der Waals surface area contributed by atoms with Crippen molar-refractivity contribution in [3.8, 4) is 11.5 Å². The lowest BCUT2D eigenvalue weighted by Crippen LogP contribution is -2.54. The number of urea groups is 1. The molecule has 32 heavy (non-hydrogen) atoms. The average molecular weight is 522 g/mol. The Hall–Kier alpha value is -2.84. The second-order valence-corrected chi connectivity index (χ2v) is 8.32. The molecule has 0 saturated carbocycles. The summed E-state index contributed by atoms with van der Waals surface area (Å²) in [5.41, 5.74) is 0.633. The summed E-state index contributed by atoms with van der Waals surface area (Å²) in [7, 11) is 0. The van der Waals surface area contributed by atoms with Crippen molar-refractivity contribution in [2.75, 3.05) is 11.5 Å². The van der Waals surface area contributed by atoms with Crippen LogP contribution in [-0.2, 0) is 9.59 Å². The van der Waals surface area contributed by atoms with Gasteiger partial charge in [0, 0.05) is 5.02 Å². The number of barbiturate groups is 1. The molecule has 168 valence electrons. The van der Waals surface area contributed by atoms with Gasteiger partial charge in [0.05, 0.1) is 22.9 Å². The van der Waals surface area contributed by atoms with Crippen LogP contribution in [0.4, 0.5) is 10.5 Å². The number of nitrogens with one attached hydrogen (secondary N) is 1. The maximum atomic E-state index is 13.1. The number of imide groups is 2. The fourth-order valence-electron chi connectivity index (χ4n) is 2.98. The van der Waals surface area contributed by atoms with Crippen LogP contribution in [0.3, 0.4) is 0 Å². The Labute approximate surface area is 199 Å². The van der Waals surface area contributed by atoms with Crippen LogP contribution in [0.2, 0.25) is 5.02 Å². The molecule has 0 radical (unpaired) electrons. The number of carbonyl (C=O) groups is 3. The normalized spacial score (nSPS) is 16.2.